The van der Waals surface area contributed by atoms with Crippen LogP contribution in [0.25, 0.3) is 21.7 Å². The van der Waals surface area contributed by atoms with Crippen molar-refractivity contribution in [1.82, 2.24) is 14.8 Å². The van der Waals surface area contributed by atoms with Gasteiger partial charge in [0.1, 0.15) is 11.4 Å². The van der Waals surface area contributed by atoms with Gasteiger partial charge >= 0.3 is 6.09 Å². The Labute approximate surface area is 177 Å². The summed E-state index contributed by atoms with van der Waals surface area (Å²) in [6.07, 6.45) is 2.54. The minimum Gasteiger partial charge on any atom is -0.442 e. The van der Waals surface area contributed by atoms with Crippen LogP contribution in [0.15, 0.2) is 48.8 Å². The lowest BCUT2D eigenvalue weighted by Gasteiger charge is -2.19. The highest BCUT2D eigenvalue weighted by Crippen LogP contribution is 2.33. The summed E-state index contributed by atoms with van der Waals surface area (Å²) in [4.78, 5) is 28.0. The molecule has 9 nitrogen and oxygen atoms in total. The summed E-state index contributed by atoms with van der Waals surface area (Å²) in [5.74, 6) is 0.475. The molecule has 4 aromatic rings. The molecule has 0 bridgehead atoms. The van der Waals surface area contributed by atoms with E-state index in [-0.39, 0.29) is 10.6 Å². The number of carbonyl (C=O) groups is 1. The van der Waals surface area contributed by atoms with E-state index in [2.05, 4.69) is 15.4 Å². The van der Waals surface area contributed by atoms with Crippen LogP contribution in [0.3, 0.4) is 0 Å². The van der Waals surface area contributed by atoms with Crippen molar-refractivity contribution in [3.05, 3.63) is 64.5 Å². The number of nitro benzene ring substituents is 1. The smallest absolute Gasteiger partial charge is 0.435 e. The molecule has 1 N–H and O–H groups in total. The lowest BCUT2D eigenvalue weighted by Crippen LogP contribution is -2.27. The summed E-state index contributed by atoms with van der Waals surface area (Å²) < 4.78 is 6.62. The monoisotopic (exact) mass is 419 g/mol. The van der Waals surface area contributed by atoms with Crippen molar-refractivity contribution in [1.29, 1.82) is 0 Å². The number of carbonyl (C=O) groups excluding carboxylic acids is 1. The molecule has 2 heterocycles. The van der Waals surface area contributed by atoms with Crippen LogP contribution in [0.4, 0.5) is 22.0 Å². The molecule has 0 aliphatic rings. The van der Waals surface area contributed by atoms with Gasteiger partial charge in [0, 0.05) is 28.2 Å². The Morgan fingerprint density at radius 2 is 1.94 bits per heavy atom. The first-order chi connectivity index (χ1) is 14.6. The summed E-state index contributed by atoms with van der Waals surface area (Å²) in [7, 11) is 0. The largest absolute Gasteiger partial charge is 0.442 e. The van der Waals surface area contributed by atoms with E-state index in [0.29, 0.717) is 33.4 Å². The van der Waals surface area contributed by atoms with Crippen molar-refractivity contribution in [2.24, 2.45) is 0 Å². The molecular formula is C22H21N5O4. The SMILES string of the molecule is Cc1ccc2c(Nc3ccc4cnn(C(=O)OC(C)(C)C)c4c3)nccc2c1[N+](=O)[O-]. The minimum absolute atomic E-state index is 0.0569. The van der Waals surface area contributed by atoms with Gasteiger partial charge in [-0.3, -0.25) is 10.1 Å². The molecule has 0 amide bonds. The van der Waals surface area contributed by atoms with Crippen molar-refractivity contribution in [3.8, 4) is 0 Å². The van der Waals surface area contributed by atoms with E-state index < -0.39 is 11.7 Å². The Hall–Kier alpha value is -4.01. The van der Waals surface area contributed by atoms with E-state index >= 15 is 0 Å². The zero-order valence-corrected chi connectivity index (χ0v) is 17.5. The first kappa shape index (κ1) is 20.3. The van der Waals surface area contributed by atoms with E-state index in [1.807, 2.05) is 12.1 Å². The topological polar surface area (TPSA) is 112 Å². The molecular weight excluding hydrogens is 398 g/mol. The second-order valence-electron chi connectivity index (χ2n) is 8.18. The highest BCUT2D eigenvalue weighted by Gasteiger charge is 2.21. The van der Waals surface area contributed by atoms with Crippen LogP contribution in [0.5, 0.6) is 0 Å². The second kappa shape index (κ2) is 7.35. The highest BCUT2D eigenvalue weighted by molar-refractivity contribution is 6.00. The zero-order chi connectivity index (χ0) is 22.3. The van der Waals surface area contributed by atoms with E-state index in [1.54, 1.807) is 58.2 Å². The van der Waals surface area contributed by atoms with Crippen molar-refractivity contribution < 1.29 is 14.5 Å². The maximum Gasteiger partial charge on any atom is 0.435 e. The second-order valence-corrected chi connectivity index (χ2v) is 8.18. The third-order valence-electron chi connectivity index (χ3n) is 4.70. The van der Waals surface area contributed by atoms with Crippen molar-refractivity contribution in [2.75, 3.05) is 5.32 Å². The number of ether oxygens (including phenoxy) is 1. The molecule has 0 saturated heterocycles. The number of rotatable bonds is 3. The van der Waals surface area contributed by atoms with Crippen LogP contribution in [0, 0.1) is 17.0 Å². The van der Waals surface area contributed by atoms with E-state index in [0.717, 1.165) is 5.39 Å². The van der Waals surface area contributed by atoms with E-state index in [4.69, 9.17) is 4.74 Å². The summed E-state index contributed by atoms with van der Waals surface area (Å²) >= 11 is 0. The van der Waals surface area contributed by atoms with Crippen LogP contribution < -0.4 is 5.32 Å². The third-order valence-corrected chi connectivity index (χ3v) is 4.70. The van der Waals surface area contributed by atoms with Crippen LogP contribution in [0.1, 0.15) is 26.3 Å². The quantitative estimate of drug-likeness (QED) is 0.353. The molecule has 2 aromatic heterocycles. The molecule has 158 valence electrons. The first-order valence-corrected chi connectivity index (χ1v) is 9.65. The molecule has 0 saturated carbocycles. The molecule has 0 aliphatic carbocycles. The highest BCUT2D eigenvalue weighted by atomic mass is 16.6. The van der Waals surface area contributed by atoms with Crippen LogP contribution in [-0.4, -0.2) is 31.4 Å². The summed E-state index contributed by atoms with van der Waals surface area (Å²) in [5.41, 5.74) is 1.21. The Morgan fingerprint density at radius 1 is 1.16 bits per heavy atom. The van der Waals surface area contributed by atoms with Crippen molar-refractivity contribution >= 4 is 45.0 Å². The Morgan fingerprint density at radius 3 is 2.65 bits per heavy atom. The van der Waals surface area contributed by atoms with E-state index in [1.165, 1.54) is 10.9 Å². The van der Waals surface area contributed by atoms with Crippen LogP contribution in [0.2, 0.25) is 0 Å². The van der Waals surface area contributed by atoms with Gasteiger partial charge in [0.25, 0.3) is 5.69 Å². The maximum absolute atomic E-state index is 12.5. The lowest BCUT2D eigenvalue weighted by atomic mass is 10.1. The number of benzene rings is 2. The molecule has 4 rings (SSSR count). The Kier molecular flexibility index (Phi) is 4.81. The third kappa shape index (κ3) is 3.89. The van der Waals surface area contributed by atoms with Crippen molar-refractivity contribution in [3.63, 3.8) is 0 Å². The number of hydrogen-bond acceptors (Lipinski definition) is 7. The van der Waals surface area contributed by atoms with Gasteiger partial charge in [-0.25, -0.2) is 9.78 Å². The average molecular weight is 419 g/mol. The molecule has 9 heteroatoms. The Balaban J connectivity index is 1.75. The predicted octanol–water partition coefficient (Wildman–Crippen LogP) is 5.33. The normalized spacial score (nSPS) is 11.6. The fourth-order valence-corrected chi connectivity index (χ4v) is 3.37. The standard InChI is InChI=1S/C22H21N5O4/c1-13-5-8-17-16(19(13)27(29)30)9-10-23-20(17)25-15-7-6-14-12-24-26(18(14)11-15)21(28)31-22(2,3)4/h5-12H,1-4H3,(H,23,25). The van der Waals surface area contributed by atoms with Gasteiger partial charge < -0.3 is 10.1 Å². The number of nitrogens with one attached hydrogen (secondary N) is 1. The first-order valence-electron chi connectivity index (χ1n) is 9.65. The lowest BCUT2D eigenvalue weighted by molar-refractivity contribution is -0.383. The number of fused-ring (bicyclic) bond motifs is 2. The number of hydrogen-bond donors (Lipinski definition) is 1. The van der Waals surface area contributed by atoms with Gasteiger partial charge in [-0.15, -0.1) is 0 Å². The number of pyridine rings is 1. The fraction of sp³-hybridized carbons (Fsp3) is 0.227. The molecule has 31 heavy (non-hydrogen) atoms. The van der Waals surface area contributed by atoms with Gasteiger partial charge in [0.15, 0.2) is 0 Å². The summed E-state index contributed by atoms with van der Waals surface area (Å²) in [5, 5.41) is 20.8. The molecule has 2 aromatic carbocycles. The fourth-order valence-electron chi connectivity index (χ4n) is 3.37. The van der Waals surface area contributed by atoms with E-state index in [9.17, 15) is 14.9 Å². The molecule has 0 aliphatic heterocycles. The molecule has 0 radical (unpaired) electrons. The minimum atomic E-state index is -0.648. The van der Waals surface area contributed by atoms with Gasteiger partial charge in [0.05, 0.1) is 22.0 Å². The molecule has 0 unspecified atom stereocenters. The molecule has 0 atom stereocenters. The van der Waals surface area contributed by atoms with Crippen LogP contribution in [-0.2, 0) is 4.74 Å². The molecule has 0 spiro atoms. The number of aryl methyl sites for hydroxylation is 1. The predicted molar refractivity (Wildman–Crippen MR) is 118 cm³/mol. The Bertz CT molecular complexity index is 1340. The zero-order valence-electron chi connectivity index (χ0n) is 17.5. The number of anilines is 2. The molecule has 0 fully saturated rings. The van der Waals surface area contributed by atoms with Gasteiger partial charge in [0.2, 0.25) is 0 Å². The van der Waals surface area contributed by atoms with Gasteiger partial charge in [-0.2, -0.15) is 9.78 Å². The maximum atomic E-state index is 12.5. The van der Waals surface area contributed by atoms with Crippen molar-refractivity contribution in [2.45, 2.75) is 33.3 Å². The number of aromatic nitrogens is 3. The summed E-state index contributed by atoms with van der Waals surface area (Å²) in [6, 6.07) is 10.5. The number of nitro groups is 1. The van der Waals surface area contributed by atoms with Crippen LogP contribution >= 0.6 is 0 Å². The number of nitrogens with zero attached hydrogens (tertiary/aromatic N) is 4. The summed E-state index contributed by atoms with van der Waals surface area (Å²) in [6.45, 7) is 7.07. The van der Waals surface area contributed by atoms with Gasteiger partial charge in [-0.05, 0) is 58.0 Å². The average Bonchev–Trinajstić information content (AvgIpc) is 3.09. The van der Waals surface area contributed by atoms with Gasteiger partial charge in [-0.1, -0.05) is 6.07 Å².